The van der Waals surface area contributed by atoms with Gasteiger partial charge in [0.1, 0.15) is 6.33 Å². The van der Waals surface area contributed by atoms with Crippen molar-refractivity contribution in [1.82, 2.24) is 14.8 Å². The van der Waals surface area contributed by atoms with Gasteiger partial charge in [0.15, 0.2) is 11.6 Å². The molecule has 2 N–H and O–H groups in total. The predicted octanol–water partition coefficient (Wildman–Crippen LogP) is 2.78. The van der Waals surface area contributed by atoms with Gasteiger partial charge < -0.3 is 10.5 Å². The molecule has 0 atom stereocenters. The third kappa shape index (κ3) is 2.44. The minimum Gasteiger partial charge on any atom is -0.420 e. The van der Waals surface area contributed by atoms with Crippen LogP contribution in [0.25, 0.3) is 5.69 Å². The number of halogens is 1. The highest BCUT2D eigenvalue weighted by Crippen LogP contribution is 2.23. The highest BCUT2D eigenvalue weighted by Gasteiger charge is 2.09. The highest BCUT2D eigenvalue weighted by atomic mass is 19.1. The number of ether oxygens (including phenoxy) is 1. The van der Waals surface area contributed by atoms with Gasteiger partial charge >= 0.3 is 6.01 Å². The van der Waals surface area contributed by atoms with Gasteiger partial charge in [-0.15, -0.1) is 5.10 Å². The molecule has 6 heteroatoms. The van der Waals surface area contributed by atoms with Crippen LogP contribution in [0, 0.1) is 5.82 Å². The van der Waals surface area contributed by atoms with Crippen LogP contribution in [0.1, 0.15) is 0 Å². The van der Waals surface area contributed by atoms with Crippen molar-refractivity contribution in [3.63, 3.8) is 0 Å². The molecule has 20 heavy (non-hydrogen) atoms. The Morgan fingerprint density at radius 2 is 1.90 bits per heavy atom. The van der Waals surface area contributed by atoms with Gasteiger partial charge in [-0.1, -0.05) is 18.2 Å². The summed E-state index contributed by atoms with van der Waals surface area (Å²) in [5.74, 6) is -0.522. The monoisotopic (exact) mass is 270 g/mol. The van der Waals surface area contributed by atoms with Crippen LogP contribution < -0.4 is 10.5 Å². The summed E-state index contributed by atoms with van der Waals surface area (Å²) in [6.45, 7) is 0. The van der Waals surface area contributed by atoms with Gasteiger partial charge in [-0.25, -0.2) is 9.07 Å². The lowest BCUT2D eigenvalue weighted by Gasteiger charge is -2.03. The van der Waals surface area contributed by atoms with Crippen molar-refractivity contribution in [1.29, 1.82) is 0 Å². The molecular formula is C14H11FN4O. The minimum atomic E-state index is -0.555. The molecule has 0 aliphatic heterocycles. The van der Waals surface area contributed by atoms with Crippen molar-refractivity contribution < 1.29 is 9.13 Å². The number of aromatic nitrogens is 3. The van der Waals surface area contributed by atoms with Gasteiger partial charge in [0, 0.05) is 11.8 Å². The Morgan fingerprint density at radius 3 is 2.65 bits per heavy atom. The summed E-state index contributed by atoms with van der Waals surface area (Å²) in [6, 6.07) is 13.7. The number of anilines is 1. The molecule has 0 fully saturated rings. The summed E-state index contributed by atoms with van der Waals surface area (Å²) >= 11 is 0. The molecule has 1 heterocycles. The zero-order valence-electron chi connectivity index (χ0n) is 10.4. The first-order chi connectivity index (χ1) is 9.72. The molecule has 0 unspecified atom stereocenters. The van der Waals surface area contributed by atoms with E-state index in [0.29, 0.717) is 5.69 Å². The van der Waals surface area contributed by atoms with Crippen molar-refractivity contribution >= 4 is 5.69 Å². The number of para-hydroxylation sites is 1. The normalized spacial score (nSPS) is 10.4. The predicted molar refractivity (Wildman–Crippen MR) is 72.2 cm³/mol. The lowest BCUT2D eigenvalue weighted by molar-refractivity contribution is 0.411. The van der Waals surface area contributed by atoms with E-state index in [2.05, 4.69) is 10.1 Å². The van der Waals surface area contributed by atoms with Crippen LogP contribution in [0.15, 0.2) is 54.9 Å². The molecule has 3 rings (SSSR count). The lowest BCUT2D eigenvalue weighted by Crippen LogP contribution is -1.96. The fourth-order valence-corrected chi connectivity index (χ4v) is 1.70. The Kier molecular flexibility index (Phi) is 3.04. The second-order valence-corrected chi connectivity index (χ2v) is 4.10. The maximum atomic E-state index is 13.6. The van der Waals surface area contributed by atoms with E-state index in [0.717, 1.165) is 5.69 Å². The molecule has 0 aliphatic carbocycles. The average molecular weight is 270 g/mol. The van der Waals surface area contributed by atoms with E-state index in [1.54, 1.807) is 10.7 Å². The molecule has 2 aromatic carbocycles. The van der Waals surface area contributed by atoms with E-state index in [1.807, 2.05) is 30.3 Å². The molecule has 0 bridgehead atoms. The molecule has 1 aromatic heterocycles. The van der Waals surface area contributed by atoms with Gasteiger partial charge in [-0.3, -0.25) is 0 Å². The number of hydrogen-bond acceptors (Lipinski definition) is 4. The van der Waals surface area contributed by atoms with Crippen molar-refractivity contribution in [3.05, 3.63) is 60.7 Å². The summed E-state index contributed by atoms with van der Waals surface area (Å²) in [5.41, 5.74) is 6.64. The lowest BCUT2D eigenvalue weighted by atomic mass is 10.3. The van der Waals surface area contributed by atoms with Crippen molar-refractivity contribution in [2.75, 3.05) is 5.73 Å². The van der Waals surface area contributed by atoms with Gasteiger partial charge in [0.2, 0.25) is 0 Å². The van der Waals surface area contributed by atoms with Gasteiger partial charge in [-0.05, 0) is 24.3 Å². The van der Waals surface area contributed by atoms with Gasteiger partial charge in [-0.2, -0.15) is 4.98 Å². The first kappa shape index (κ1) is 12.2. The number of nitrogens with zero attached hydrogens (tertiary/aromatic N) is 3. The number of nitrogens with two attached hydrogens (primary N) is 1. The zero-order valence-corrected chi connectivity index (χ0v) is 10.4. The number of nitrogen functional groups attached to an aromatic ring is 1. The Bertz CT molecular complexity index is 727. The quantitative estimate of drug-likeness (QED) is 0.743. The molecular weight excluding hydrogens is 259 g/mol. The summed E-state index contributed by atoms with van der Waals surface area (Å²) in [6.07, 6.45) is 1.50. The van der Waals surface area contributed by atoms with E-state index in [-0.39, 0.29) is 11.8 Å². The minimum absolute atomic E-state index is 0.0324. The molecule has 3 aromatic rings. The van der Waals surface area contributed by atoms with Crippen LogP contribution in [0.5, 0.6) is 11.8 Å². The van der Waals surface area contributed by atoms with Crippen LogP contribution in [0.3, 0.4) is 0 Å². The SMILES string of the molecule is Nc1ccc(Oc2ncn(-c3ccccc3)n2)c(F)c1. The van der Waals surface area contributed by atoms with E-state index < -0.39 is 5.82 Å². The maximum Gasteiger partial charge on any atom is 0.341 e. The second kappa shape index (κ2) is 5.00. The summed E-state index contributed by atoms with van der Waals surface area (Å²) in [5, 5.41) is 4.12. The Hall–Kier alpha value is -2.89. The van der Waals surface area contributed by atoms with E-state index >= 15 is 0 Å². The van der Waals surface area contributed by atoms with Crippen LogP contribution in [-0.2, 0) is 0 Å². The standard InChI is InChI=1S/C14H11FN4O/c15-12-8-10(16)6-7-13(12)20-14-17-9-19(18-14)11-4-2-1-3-5-11/h1-9H,16H2. The maximum absolute atomic E-state index is 13.6. The van der Waals surface area contributed by atoms with Crippen LogP contribution >= 0.6 is 0 Å². The first-order valence-corrected chi connectivity index (χ1v) is 5.92. The summed E-state index contributed by atoms with van der Waals surface area (Å²) < 4.78 is 20.4. The fourth-order valence-electron chi connectivity index (χ4n) is 1.70. The highest BCUT2D eigenvalue weighted by molar-refractivity contribution is 5.43. The van der Waals surface area contributed by atoms with Crippen LogP contribution in [-0.4, -0.2) is 14.8 Å². The second-order valence-electron chi connectivity index (χ2n) is 4.10. The van der Waals surface area contributed by atoms with Crippen LogP contribution in [0.4, 0.5) is 10.1 Å². The van der Waals surface area contributed by atoms with E-state index in [9.17, 15) is 4.39 Å². The van der Waals surface area contributed by atoms with Crippen molar-refractivity contribution in [3.8, 4) is 17.4 Å². The molecule has 0 amide bonds. The fraction of sp³-hybridized carbons (Fsp3) is 0. The third-order valence-corrected chi connectivity index (χ3v) is 2.65. The summed E-state index contributed by atoms with van der Waals surface area (Å²) in [4.78, 5) is 3.98. The number of hydrogen-bond donors (Lipinski definition) is 1. The zero-order chi connectivity index (χ0) is 13.9. The van der Waals surface area contributed by atoms with Crippen molar-refractivity contribution in [2.45, 2.75) is 0 Å². The van der Waals surface area contributed by atoms with Gasteiger partial charge in [0.25, 0.3) is 0 Å². The molecule has 100 valence electrons. The Morgan fingerprint density at radius 1 is 1.10 bits per heavy atom. The average Bonchev–Trinajstić information content (AvgIpc) is 2.92. The topological polar surface area (TPSA) is 66.0 Å². The van der Waals surface area contributed by atoms with Crippen LogP contribution in [0.2, 0.25) is 0 Å². The van der Waals surface area contributed by atoms with Crippen molar-refractivity contribution in [2.24, 2.45) is 0 Å². The smallest absolute Gasteiger partial charge is 0.341 e. The number of benzene rings is 2. The molecule has 5 nitrogen and oxygen atoms in total. The summed E-state index contributed by atoms with van der Waals surface area (Å²) in [7, 11) is 0. The first-order valence-electron chi connectivity index (χ1n) is 5.92. The molecule has 0 saturated carbocycles. The molecule has 0 saturated heterocycles. The Labute approximate surface area is 114 Å². The molecule has 0 spiro atoms. The Balaban J connectivity index is 1.84. The molecule has 0 aliphatic rings. The van der Waals surface area contributed by atoms with E-state index in [4.69, 9.17) is 10.5 Å². The van der Waals surface area contributed by atoms with E-state index in [1.165, 1.54) is 18.5 Å². The largest absolute Gasteiger partial charge is 0.420 e. The molecule has 0 radical (unpaired) electrons. The number of rotatable bonds is 3. The third-order valence-electron chi connectivity index (χ3n) is 2.65. The van der Waals surface area contributed by atoms with Gasteiger partial charge in [0.05, 0.1) is 5.69 Å².